The van der Waals surface area contributed by atoms with E-state index in [9.17, 15) is 5.11 Å². The Kier molecular flexibility index (Phi) is 9.67. The molecular formula is C21H36N2O5. The van der Waals surface area contributed by atoms with Crippen molar-refractivity contribution in [2.24, 2.45) is 0 Å². The second-order valence-corrected chi connectivity index (χ2v) is 7.18. The van der Waals surface area contributed by atoms with Crippen molar-refractivity contribution in [1.82, 2.24) is 9.80 Å². The van der Waals surface area contributed by atoms with Crippen LogP contribution in [0.4, 0.5) is 0 Å². The molecule has 1 atom stereocenters. The van der Waals surface area contributed by atoms with Crippen LogP contribution in [0.25, 0.3) is 0 Å². The van der Waals surface area contributed by atoms with Gasteiger partial charge in [-0.15, -0.1) is 0 Å². The standard InChI is InChI=1S/C21H36N2O5/c1-5-6-7-8-22-9-11-23(12-10-22)15-17(24)16-28-18-13-19(25-2)21(27-4)20(14-18)26-3/h13-14,17,24H,5-12,15-16H2,1-4H3. The number of benzene rings is 1. The van der Waals surface area contributed by atoms with Crippen LogP contribution in [-0.4, -0.2) is 88.2 Å². The topological polar surface area (TPSA) is 63.6 Å². The van der Waals surface area contributed by atoms with Crippen molar-refractivity contribution in [3.63, 3.8) is 0 Å². The molecule has 1 heterocycles. The Balaban J connectivity index is 1.78. The van der Waals surface area contributed by atoms with E-state index in [1.54, 1.807) is 33.5 Å². The first-order chi connectivity index (χ1) is 13.6. The van der Waals surface area contributed by atoms with E-state index in [-0.39, 0.29) is 6.61 Å². The van der Waals surface area contributed by atoms with E-state index in [0.717, 1.165) is 26.2 Å². The van der Waals surface area contributed by atoms with E-state index in [1.165, 1.54) is 25.8 Å². The molecule has 0 spiro atoms. The van der Waals surface area contributed by atoms with E-state index in [0.29, 0.717) is 29.5 Å². The lowest BCUT2D eigenvalue weighted by Gasteiger charge is -2.35. The summed E-state index contributed by atoms with van der Waals surface area (Å²) in [4.78, 5) is 4.82. The van der Waals surface area contributed by atoms with Gasteiger partial charge in [-0.25, -0.2) is 0 Å². The molecule has 160 valence electrons. The summed E-state index contributed by atoms with van der Waals surface area (Å²) in [5.41, 5.74) is 0. The monoisotopic (exact) mass is 396 g/mol. The van der Waals surface area contributed by atoms with Gasteiger partial charge < -0.3 is 29.0 Å². The van der Waals surface area contributed by atoms with Crippen molar-refractivity contribution in [3.8, 4) is 23.0 Å². The van der Waals surface area contributed by atoms with Gasteiger partial charge in [-0.1, -0.05) is 19.8 Å². The molecule has 0 saturated carbocycles. The third-order valence-corrected chi connectivity index (χ3v) is 5.09. The van der Waals surface area contributed by atoms with Crippen molar-refractivity contribution < 1.29 is 24.1 Å². The minimum atomic E-state index is -0.550. The van der Waals surface area contributed by atoms with Crippen molar-refractivity contribution in [1.29, 1.82) is 0 Å². The van der Waals surface area contributed by atoms with Crippen LogP contribution in [0.5, 0.6) is 23.0 Å². The first-order valence-corrected chi connectivity index (χ1v) is 10.2. The molecule has 1 aromatic carbocycles. The number of hydrogen-bond acceptors (Lipinski definition) is 7. The Bertz CT molecular complexity index is 551. The summed E-state index contributed by atoms with van der Waals surface area (Å²) in [5, 5.41) is 10.4. The van der Waals surface area contributed by atoms with Crippen LogP contribution < -0.4 is 18.9 Å². The van der Waals surface area contributed by atoms with Crippen molar-refractivity contribution in [3.05, 3.63) is 12.1 Å². The zero-order valence-electron chi connectivity index (χ0n) is 17.8. The van der Waals surface area contributed by atoms with E-state index in [4.69, 9.17) is 18.9 Å². The lowest BCUT2D eigenvalue weighted by Crippen LogP contribution is -2.49. The fraction of sp³-hybridized carbons (Fsp3) is 0.714. The predicted octanol–water partition coefficient (Wildman–Crippen LogP) is 2.26. The Morgan fingerprint density at radius 1 is 0.929 bits per heavy atom. The number of hydrogen-bond donors (Lipinski definition) is 1. The van der Waals surface area contributed by atoms with Gasteiger partial charge >= 0.3 is 0 Å². The first kappa shape index (κ1) is 22.6. The summed E-state index contributed by atoms with van der Waals surface area (Å²) in [5.74, 6) is 2.17. The fourth-order valence-corrected chi connectivity index (χ4v) is 3.46. The van der Waals surface area contributed by atoms with Gasteiger partial charge in [0.1, 0.15) is 18.5 Å². The second-order valence-electron chi connectivity index (χ2n) is 7.18. The predicted molar refractivity (Wildman–Crippen MR) is 110 cm³/mol. The third-order valence-electron chi connectivity index (χ3n) is 5.09. The molecule has 1 aromatic rings. The van der Waals surface area contributed by atoms with Gasteiger partial charge in [-0.2, -0.15) is 0 Å². The summed E-state index contributed by atoms with van der Waals surface area (Å²) in [6.45, 7) is 8.39. The molecule has 1 unspecified atom stereocenters. The van der Waals surface area contributed by atoms with Crippen molar-refractivity contribution in [2.75, 3.05) is 67.2 Å². The van der Waals surface area contributed by atoms with Gasteiger partial charge in [0.05, 0.1) is 21.3 Å². The zero-order chi connectivity index (χ0) is 20.4. The number of rotatable bonds is 12. The fourth-order valence-electron chi connectivity index (χ4n) is 3.46. The maximum atomic E-state index is 10.4. The molecule has 0 radical (unpaired) electrons. The van der Waals surface area contributed by atoms with Crippen LogP contribution in [-0.2, 0) is 0 Å². The molecule has 0 bridgehead atoms. The molecule has 0 aromatic heterocycles. The molecule has 28 heavy (non-hydrogen) atoms. The molecule has 1 fully saturated rings. The van der Waals surface area contributed by atoms with E-state index >= 15 is 0 Å². The average Bonchev–Trinajstić information content (AvgIpc) is 2.72. The number of aliphatic hydroxyl groups is 1. The van der Waals surface area contributed by atoms with Gasteiger partial charge in [0.2, 0.25) is 5.75 Å². The summed E-state index contributed by atoms with van der Waals surface area (Å²) in [6, 6.07) is 3.48. The highest BCUT2D eigenvalue weighted by atomic mass is 16.5. The largest absolute Gasteiger partial charge is 0.493 e. The van der Waals surface area contributed by atoms with Gasteiger partial charge in [-0.05, 0) is 13.0 Å². The van der Waals surface area contributed by atoms with E-state index in [1.807, 2.05) is 0 Å². The Morgan fingerprint density at radius 3 is 2.07 bits per heavy atom. The number of β-amino-alcohol motifs (C(OH)–C–C–N with tert-alkyl or cyclic N) is 1. The number of aliphatic hydroxyl groups excluding tert-OH is 1. The molecule has 1 aliphatic heterocycles. The summed E-state index contributed by atoms with van der Waals surface area (Å²) in [7, 11) is 4.70. The van der Waals surface area contributed by atoms with E-state index in [2.05, 4.69) is 16.7 Å². The number of ether oxygens (including phenoxy) is 4. The molecule has 7 heteroatoms. The highest BCUT2D eigenvalue weighted by molar-refractivity contribution is 5.55. The normalized spacial score (nSPS) is 16.6. The molecule has 1 N–H and O–H groups in total. The lowest BCUT2D eigenvalue weighted by atomic mass is 10.2. The number of unbranched alkanes of at least 4 members (excludes halogenated alkanes) is 2. The highest BCUT2D eigenvalue weighted by Crippen LogP contribution is 2.40. The minimum Gasteiger partial charge on any atom is -0.493 e. The van der Waals surface area contributed by atoms with Crippen molar-refractivity contribution >= 4 is 0 Å². The maximum absolute atomic E-state index is 10.4. The number of piperazine rings is 1. The van der Waals surface area contributed by atoms with Crippen LogP contribution in [0.3, 0.4) is 0 Å². The Hall–Kier alpha value is -1.70. The van der Waals surface area contributed by atoms with Crippen LogP contribution in [0.1, 0.15) is 26.2 Å². The lowest BCUT2D eigenvalue weighted by molar-refractivity contribution is 0.0457. The molecule has 2 rings (SSSR count). The Labute approximate surface area is 169 Å². The number of nitrogens with zero attached hydrogens (tertiary/aromatic N) is 2. The SMILES string of the molecule is CCCCCN1CCN(CC(O)COc2cc(OC)c(OC)c(OC)c2)CC1. The van der Waals surface area contributed by atoms with Crippen LogP contribution in [0.15, 0.2) is 12.1 Å². The average molecular weight is 397 g/mol. The van der Waals surface area contributed by atoms with Gasteiger partial charge in [0.15, 0.2) is 11.5 Å². The first-order valence-electron chi connectivity index (χ1n) is 10.2. The van der Waals surface area contributed by atoms with Crippen LogP contribution in [0.2, 0.25) is 0 Å². The summed E-state index contributed by atoms with van der Waals surface area (Å²) < 4.78 is 21.8. The molecular weight excluding hydrogens is 360 g/mol. The smallest absolute Gasteiger partial charge is 0.203 e. The maximum Gasteiger partial charge on any atom is 0.203 e. The minimum absolute atomic E-state index is 0.218. The molecule has 1 aliphatic rings. The number of methoxy groups -OCH3 is 3. The Morgan fingerprint density at radius 2 is 1.54 bits per heavy atom. The van der Waals surface area contributed by atoms with Gasteiger partial charge in [0.25, 0.3) is 0 Å². The quantitative estimate of drug-likeness (QED) is 0.544. The zero-order valence-corrected chi connectivity index (χ0v) is 17.8. The van der Waals surface area contributed by atoms with E-state index < -0.39 is 6.10 Å². The van der Waals surface area contributed by atoms with Gasteiger partial charge in [0, 0.05) is 44.9 Å². The second kappa shape index (κ2) is 12.0. The molecule has 7 nitrogen and oxygen atoms in total. The summed E-state index contributed by atoms with van der Waals surface area (Å²) >= 11 is 0. The third kappa shape index (κ3) is 6.72. The van der Waals surface area contributed by atoms with Crippen LogP contribution in [0, 0.1) is 0 Å². The van der Waals surface area contributed by atoms with Gasteiger partial charge in [-0.3, -0.25) is 4.90 Å². The molecule has 0 amide bonds. The van der Waals surface area contributed by atoms with Crippen molar-refractivity contribution in [2.45, 2.75) is 32.3 Å². The molecule has 0 aliphatic carbocycles. The highest BCUT2D eigenvalue weighted by Gasteiger charge is 2.20. The van der Waals surface area contributed by atoms with Crippen LogP contribution >= 0.6 is 0 Å². The molecule has 1 saturated heterocycles. The summed E-state index contributed by atoms with van der Waals surface area (Å²) in [6.07, 6.45) is 3.29.